The van der Waals surface area contributed by atoms with Gasteiger partial charge < -0.3 is 0 Å². The molecule has 0 spiro atoms. The van der Waals surface area contributed by atoms with E-state index in [9.17, 15) is 4.39 Å². The average molecular weight is 411 g/mol. The van der Waals surface area contributed by atoms with Crippen molar-refractivity contribution in [2.45, 2.75) is 103 Å². The second-order valence-electron chi connectivity index (χ2n) is 10.8. The van der Waals surface area contributed by atoms with E-state index in [1.807, 2.05) is 6.08 Å². The molecule has 30 heavy (non-hydrogen) atoms. The van der Waals surface area contributed by atoms with E-state index >= 15 is 0 Å². The van der Waals surface area contributed by atoms with Gasteiger partial charge in [-0.2, -0.15) is 0 Å². The Bertz CT molecular complexity index is 690. The van der Waals surface area contributed by atoms with Crippen LogP contribution in [0.1, 0.15) is 101 Å². The van der Waals surface area contributed by atoms with Gasteiger partial charge in [-0.05, 0) is 117 Å². The molecule has 1 heteroatoms. The molecule has 166 valence electrons. The zero-order chi connectivity index (χ0) is 20.8. The van der Waals surface area contributed by atoms with Gasteiger partial charge in [0.25, 0.3) is 0 Å². The van der Waals surface area contributed by atoms with Gasteiger partial charge in [0.05, 0.1) is 6.33 Å². The minimum atomic E-state index is 0.509. The van der Waals surface area contributed by atoms with E-state index in [1.165, 1.54) is 96.3 Å². The van der Waals surface area contributed by atoms with Gasteiger partial charge in [-0.1, -0.05) is 56.9 Å². The van der Waals surface area contributed by atoms with Crippen molar-refractivity contribution in [3.8, 4) is 0 Å². The molecule has 3 aliphatic carbocycles. The molecule has 0 aromatic heterocycles. The standard InChI is InChI=1S/C29H43F/c1-2-3-4-5-6-7-22-8-10-26-20-28(14-12-24(26)18-22)29-15-13-25-19-23(16-17-30)9-11-27(25)21-29/h8,10,16-18,23,25,27-29H,2-7,9,11-15,19-21H2,1H3. The third-order valence-corrected chi connectivity index (χ3v) is 8.81. The molecular weight excluding hydrogens is 367 g/mol. The normalized spacial score (nSPS) is 31.5. The Morgan fingerprint density at radius 3 is 2.43 bits per heavy atom. The predicted molar refractivity (Wildman–Crippen MR) is 126 cm³/mol. The van der Waals surface area contributed by atoms with Crippen LogP contribution in [0.2, 0.25) is 0 Å². The van der Waals surface area contributed by atoms with Crippen molar-refractivity contribution in [2.75, 3.05) is 0 Å². The van der Waals surface area contributed by atoms with Gasteiger partial charge in [0.1, 0.15) is 0 Å². The molecular formula is C29H43F. The van der Waals surface area contributed by atoms with E-state index in [4.69, 9.17) is 0 Å². The molecule has 4 rings (SSSR count). The minimum absolute atomic E-state index is 0.509. The molecule has 0 saturated heterocycles. The molecule has 2 fully saturated rings. The van der Waals surface area contributed by atoms with E-state index in [-0.39, 0.29) is 0 Å². The number of benzene rings is 1. The Labute approximate surface area is 184 Å². The number of aryl methyl sites for hydroxylation is 2. The number of rotatable bonds is 8. The summed E-state index contributed by atoms with van der Waals surface area (Å²) in [5.74, 6) is 4.14. The Kier molecular flexibility index (Phi) is 8.07. The molecule has 1 aromatic carbocycles. The summed E-state index contributed by atoms with van der Waals surface area (Å²) < 4.78 is 12.6. The molecule has 0 radical (unpaired) electrons. The molecule has 0 heterocycles. The fourth-order valence-corrected chi connectivity index (χ4v) is 6.99. The van der Waals surface area contributed by atoms with Crippen molar-refractivity contribution >= 4 is 0 Å². The number of fused-ring (bicyclic) bond motifs is 2. The van der Waals surface area contributed by atoms with Crippen LogP contribution in [-0.4, -0.2) is 0 Å². The van der Waals surface area contributed by atoms with Crippen molar-refractivity contribution in [1.29, 1.82) is 0 Å². The molecule has 0 bridgehead atoms. The fourth-order valence-electron chi connectivity index (χ4n) is 6.99. The Morgan fingerprint density at radius 1 is 0.833 bits per heavy atom. The van der Waals surface area contributed by atoms with Gasteiger partial charge in [0, 0.05) is 0 Å². The van der Waals surface area contributed by atoms with Crippen LogP contribution in [-0.2, 0) is 19.3 Å². The van der Waals surface area contributed by atoms with Gasteiger partial charge in [0.2, 0.25) is 0 Å². The van der Waals surface area contributed by atoms with Crippen LogP contribution in [0.5, 0.6) is 0 Å². The average Bonchev–Trinajstić information content (AvgIpc) is 2.78. The van der Waals surface area contributed by atoms with Crippen LogP contribution in [0.25, 0.3) is 0 Å². The second-order valence-corrected chi connectivity index (χ2v) is 10.8. The molecule has 0 aliphatic heterocycles. The summed E-state index contributed by atoms with van der Waals surface area (Å²) in [4.78, 5) is 0. The number of allylic oxidation sites excluding steroid dienone is 1. The largest absolute Gasteiger partial charge is 0.216 e. The van der Waals surface area contributed by atoms with E-state index in [2.05, 4.69) is 25.1 Å². The third kappa shape index (κ3) is 5.57. The number of unbranched alkanes of at least 4 members (excludes halogenated alkanes) is 4. The first-order valence-electron chi connectivity index (χ1n) is 13.1. The molecule has 0 amide bonds. The maximum Gasteiger partial charge on any atom is 0.0829 e. The van der Waals surface area contributed by atoms with Gasteiger partial charge in [0.15, 0.2) is 0 Å². The topological polar surface area (TPSA) is 0 Å². The van der Waals surface area contributed by atoms with Crippen molar-refractivity contribution in [3.63, 3.8) is 0 Å². The van der Waals surface area contributed by atoms with E-state index in [0.717, 1.165) is 30.0 Å². The highest BCUT2D eigenvalue weighted by Gasteiger charge is 2.38. The van der Waals surface area contributed by atoms with E-state index in [0.29, 0.717) is 5.92 Å². The molecule has 3 aliphatic rings. The van der Waals surface area contributed by atoms with Gasteiger partial charge in [-0.3, -0.25) is 0 Å². The summed E-state index contributed by atoms with van der Waals surface area (Å²) in [6.07, 6.45) is 22.8. The van der Waals surface area contributed by atoms with Gasteiger partial charge >= 0.3 is 0 Å². The zero-order valence-corrected chi connectivity index (χ0v) is 19.3. The zero-order valence-electron chi connectivity index (χ0n) is 19.3. The third-order valence-electron chi connectivity index (χ3n) is 8.81. The van der Waals surface area contributed by atoms with E-state index in [1.54, 1.807) is 16.7 Å². The molecule has 5 unspecified atom stereocenters. The number of halogens is 1. The van der Waals surface area contributed by atoms with E-state index < -0.39 is 0 Å². The summed E-state index contributed by atoms with van der Waals surface area (Å²) in [5, 5.41) is 0. The van der Waals surface area contributed by atoms with Gasteiger partial charge in [-0.15, -0.1) is 0 Å². The first kappa shape index (κ1) is 22.1. The lowest BCUT2D eigenvalue weighted by Crippen LogP contribution is -2.34. The second kappa shape index (κ2) is 11.0. The Balaban J connectivity index is 1.27. The summed E-state index contributed by atoms with van der Waals surface area (Å²) in [6, 6.07) is 7.45. The SMILES string of the molecule is CCCCCCCc1ccc2c(c1)CCC(C1CCC3CC(C=CF)CCC3C1)C2. The van der Waals surface area contributed by atoms with Crippen LogP contribution in [0.4, 0.5) is 4.39 Å². The summed E-state index contributed by atoms with van der Waals surface area (Å²) in [7, 11) is 0. The van der Waals surface area contributed by atoms with Crippen LogP contribution in [0.3, 0.4) is 0 Å². The smallest absolute Gasteiger partial charge is 0.0829 e. The van der Waals surface area contributed by atoms with Crippen LogP contribution in [0.15, 0.2) is 30.6 Å². The van der Waals surface area contributed by atoms with Crippen LogP contribution < -0.4 is 0 Å². The van der Waals surface area contributed by atoms with Crippen molar-refractivity contribution in [3.05, 3.63) is 47.3 Å². The molecule has 2 saturated carbocycles. The van der Waals surface area contributed by atoms with Gasteiger partial charge in [-0.25, -0.2) is 4.39 Å². The molecule has 5 atom stereocenters. The minimum Gasteiger partial charge on any atom is -0.216 e. The Morgan fingerprint density at radius 2 is 1.60 bits per heavy atom. The quantitative estimate of drug-likeness (QED) is 0.376. The highest BCUT2D eigenvalue weighted by molar-refractivity contribution is 5.34. The maximum atomic E-state index is 12.6. The van der Waals surface area contributed by atoms with Crippen molar-refractivity contribution in [2.24, 2.45) is 29.6 Å². The number of hydrogen-bond acceptors (Lipinski definition) is 0. The van der Waals surface area contributed by atoms with Crippen LogP contribution >= 0.6 is 0 Å². The lowest BCUT2D eigenvalue weighted by atomic mass is 9.61. The summed E-state index contributed by atoms with van der Waals surface area (Å²) >= 11 is 0. The Hall–Kier alpha value is -1.11. The highest BCUT2D eigenvalue weighted by Crippen LogP contribution is 2.48. The summed E-state index contributed by atoms with van der Waals surface area (Å²) in [5.41, 5.74) is 4.88. The predicted octanol–water partition coefficient (Wildman–Crippen LogP) is 8.62. The summed E-state index contributed by atoms with van der Waals surface area (Å²) in [6.45, 7) is 2.29. The lowest BCUT2D eigenvalue weighted by molar-refractivity contribution is 0.0809. The maximum absolute atomic E-state index is 12.6. The molecule has 1 aromatic rings. The number of hydrogen-bond donors (Lipinski definition) is 0. The lowest BCUT2D eigenvalue weighted by Gasteiger charge is -2.44. The van der Waals surface area contributed by atoms with Crippen LogP contribution in [0, 0.1) is 29.6 Å². The fraction of sp³-hybridized carbons (Fsp3) is 0.724. The first-order valence-corrected chi connectivity index (χ1v) is 13.1. The van der Waals surface area contributed by atoms with Crippen molar-refractivity contribution in [1.82, 2.24) is 0 Å². The first-order chi connectivity index (χ1) is 14.8. The molecule has 0 N–H and O–H groups in total. The van der Waals surface area contributed by atoms with Crippen molar-refractivity contribution < 1.29 is 4.39 Å². The monoisotopic (exact) mass is 410 g/mol. The molecule has 0 nitrogen and oxygen atoms in total. The highest BCUT2D eigenvalue weighted by atomic mass is 19.1.